The Morgan fingerprint density at radius 3 is 2.68 bits per heavy atom. The molecule has 3 rings (SSSR count). The highest BCUT2D eigenvalue weighted by Gasteiger charge is 2.40. The van der Waals surface area contributed by atoms with Crippen LogP contribution in [0.4, 0.5) is 18.9 Å². The summed E-state index contributed by atoms with van der Waals surface area (Å²) in [5.74, 6) is 0. The Morgan fingerprint density at radius 2 is 2.04 bits per heavy atom. The highest BCUT2D eigenvalue weighted by atomic mass is 127. The van der Waals surface area contributed by atoms with Crippen LogP contribution in [0.5, 0.6) is 0 Å². The van der Waals surface area contributed by atoms with E-state index >= 15 is 0 Å². The Labute approximate surface area is 163 Å². The summed E-state index contributed by atoms with van der Waals surface area (Å²) >= 11 is 7.16. The fourth-order valence-corrected chi connectivity index (χ4v) is 4.39. The van der Waals surface area contributed by atoms with Crippen LogP contribution in [0, 0.1) is 3.70 Å². The van der Waals surface area contributed by atoms with Crippen LogP contribution in [0.15, 0.2) is 18.2 Å². The average molecular weight is 479 g/mol. The number of aromatic nitrogens is 2. The van der Waals surface area contributed by atoms with Gasteiger partial charge in [-0.25, -0.2) is 0 Å². The predicted octanol–water partition coefficient (Wildman–Crippen LogP) is 5.05. The van der Waals surface area contributed by atoms with Crippen molar-refractivity contribution in [1.29, 1.82) is 0 Å². The maximum Gasteiger partial charge on any atom is 0.435 e. The zero-order valence-corrected chi connectivity index (χ0v) is 16.9. The number of hydrogen-bond donors (Lipinski definition) is 1. The van der Waals surface area contributed by atoms with Crippen molar-refractivity contribution >= 4 is 45.5 Å². The Bertz CT molecular complexity index is 856. The van der Waals surface area contributed by atoms with Gasteiger partial charge in [-0.05, 0) is 58.0 Å². The average Bonchev–Trinajstić information content (AvgIpc) is 2.98. The predicted molar refractivity (Wildman–Crippen MR) is 104 cm³/mol. The van der Waals surface area contributed by atoms with Gasteiger partial charge >= 0.3 is 6.18 Å². The van der Waals surface area contributed by atoms with E-state index in [1.807, 2.05) is 34.7 Å². The first kappa shape index (κ1) is 18.6. The summed E-state index contributed by atoms with van der Waals surface area (Å²) in [7, 11) is 1.48. The van der Waals surface area contributed by atoms with Gasteiger partial charge in [0, 0.05) is 12.7 Å². The molecule has 0 aliphatic heterocycles. The number of halogens is 4. The first-order valence-electron chi connectivity index (χ1n) is 7.76. The molecule has 3 nitrogen and oxygen atoms in total. The number of hydrogen-bond acceptors (Lipinski definition) is 2. The number of benzene rings is 1. The maximum absolute atomic E-state index is 13.3. The highest BCUT2D eigenvalue weighted by molar-refractivity contribution is 14.1. The molecule has 0 fully saturated rings. The quantitative estimate of drug-likeness (QED) is 0.483. The van der Waals surface area contributed by atoms with Crippen molar-refractivity contribution in [2.45, 2.75) is 38.3 Å². The summed E-state index contributed by atoms with van der Waals surface area (Å²) in [6, 6.07) is 5.85. The van der Waals surface area contributed by atoms with Gasteiger partial charge in [-0.2, -0.15) is 18.3 Å². The van der Waals surface area contributed by atoms with Gasteiger partial charge in [0.2, 0.25) is 0 Å². The zero-order chi connectivity index (χ0) is 18.6. The van der Waals surface area contributed by atoms with Crippen LogP contribution < -0.4 is 5.32 Å². The van der Waals surface area contributed by atoms with Gasteiger partial charge in [0.25, 0.3) is 0 Å². The maximum atomic E-state index is 13.3. The molecule has 134 valence electrons. The molecule has 0 saturated heterocycles. The zero-order valence-electron chi connectivity index (χ0n) is 14.0. The van der Waals surface area contributed by atoms with Gasteiger partial charge < -0.3 is 5.32 Å². The summed E-state index contributed by atoms with van der Waals surface area (Å²) in [5, 5.41) is 6.63. The van der Waals surface area contributed by atoms with Crippen LogP contribution >= 0.6 is 34.8 Å². The van der Waals surface area contributed by atoms with Crippen molar-refractivity contribution in [2.75, 3.05) is 5.32 Å². The second-order valence-electron chi connectivity index (χ2n) is 6.81. The Hall–Kier alpha value is -1.16. The molecule has 25 heavy (non-hydrogen) atoms. The Morgan fingerprint density at radius 1 is 1.36 bits per heavy atom. The fraction of sp³-hybridized carbons (Fsp3) is 0.412. The molecule has 1 N–H and O–H groups in total. The standard InChI is InChI=1S/C17H17F3IN3S/c1-16(2)8-7-9-10(16)5-4-6-11(9)22-15(25)12-13(17(18,19)20)23-24(3)14(12)21/h4-6H,7-8H2,1-3H3,(H,22,25). The number of thiocarbonyl (C=S) groups is 1. The molecule has 0 radical (unpaired) electrons. The van der Waals surface area contributed by atoms with Crippen LogP contribution in [-0.4, -0.2) is 14.8 Å². The number of aryl methyl sites for hydroxylation is 1. The SMILES string of the molecule is Cn1nc(C(F)(F)F)c(C(=S)Nc2cccc3c2CCC3(C)C)c1I. The fourth-order valence-electron chi connectivity index (χ4n) is 3.27. The molecule has 8 heteroatoms. The number of rotatable bonds is 2. The second kappa shape index (κ2) is 6.22. The smallest absolute Gasteiger partial charge is 0.346 e. The van der Waals surface area contributed by atoms with Crippen molar-refractivity contribution in [3.8, 4) is 0 Å². The molecule has 0 amide bonds. The summed E-state index contributed by atoms with van der Waals surface area (Å²) in [5.41, 5.74) is 2.17. The molecule has 0 bridgehead atoms. The molecule has 1 aliphatic rings. The lowest BCUT2D eigenvalue weighted by Gasteiger charge is -2.20. The normalized spacial score (nSPS) is 16.0. The molecule has 0 saturated carbocycles. The lowest BCUT2D eigenvalue weighted by molar-refractivity contribution is -0.141. The van der Waals surface area contributed by atoms with Crippen molar-refractivity contribution in [1.82, 2.24) is 9.78 Å². The first-order valence-corrected chi connectivity index (χ1v) is 9.24. The Kier molecular flexibility index (Phi) is 4.64. The van der Waals surface area contributed by atoms with Crippen LogP contribution in [0.3, 0.4) is 0 Å². The van der Waals surface area contributed by atoms with E-state index in [-0.39, 0.29) is 16.0 Å². The topological polar surface area (TPSA) is 29.9 Å². The minimum atomic E-state index is -4.55. The summed E-state index contributed by atoms with van der Waals surface area (Å²) in [4.78, 5) is 0.0444. The van der Waals surface area contributed by atoms with E-state index in [4.69, 9.17) is 12.2 Å². The van der Waals surface area contributed by atoms with Gasteiger partial charge in [0.05, 0.1) is 5.56 Å². The van der Waals surface area contributed by atoms with Crippen molar-refractivity contribution in [3.63, 3.8) is 0 Å². The monoisotopic (exact) mass is 479 g/mol. The lowest BCUT2D eigenvalue weighted by atomic mass is 9.86. The number of fused-ring (bicyclic) bond motifs is 1. The second-order valence-corrected chi connectivity index (χ2v) is 8.24. The molecular weight excluding hydrogens is 462 g/mol. The minimum absolute atomic E-state index is 0.0444. The van der Waals surface area contributed by atoms with Gasteiger partial charge in [-0.3, -0.25) is 4.68 Å². The third kappa shape index (κ3) is 3.30. The summed E-state index contributed by atoms with van der Waals surface area (Å²) in [6.45, 7) is 4.35. The molecule has 1 heterocycles. The van der Waals surface area contributed by atoms with E-state index in [1.165, 1.54) is 17.3 Å². The molecule has 0 unspecified atom stereocenters. The molecule has 1 aromatic carbocycles. The van der Waals surface area contributed by atoms with Crippen LogP contribution in [0.25, 0.3) is 0 Å². The van der Waals surface area contributed by atoms with Gasteiger partial charge in [0.15, 0.2) is 5.69 Å². The van der Waals surface area contributed by atoms with E-state index in [9.17, 15) is 13.2 Å². The largest absolute Gasteiger partial charge is 0.435 e. The van der Waals surface area contributed by atoms with Crippen molar-refractivity contribution in [3.05, 3.63) is 44.3 Å². The first-order chi connectivity index (χ1) is 11.5. The summed E-state index contributed by atoms with van der Waals surface area (Å²) in [6.07, 6.45) is -2.67. The third-order valence-corrected chi connectivity index (χ3v) is 6.17. The Balaban J connectivity index is 2.00. The van der Waals surface area contributed by atoms with E-state index in [0.717, 1.165) is 24.1 Å². The van der Waals surface area contributed by atoms with Crippen LogP contribution in [0.2, 0.25) is 0 Å². The van der Waals surface area contributed by atoms with Crippen molar-refractivity contribution in [2.24, 2.45) is 7.05 Å². The number of alkyl halides is 3. The molecule has 2 aromatic rings. The molecular formula is C17H17F3IN3S. The van der Waals surface area contributed by atoms with E-state index < -0.39 is 11.9 Å². The lowest BCUT2D eigenvalue weighted by Crippen LogP contribution is -2.19. The summed E-state index contributed by atoms with van der Waals surface area (Å²) < 4.78 is 41.4. The van der Waals surface area contributed by atoms with Crippen LogP contribution in [0.1, 0.15) is 42.7 Å². The van der Waals surface area contributed by atoms with Crippen LogP contribution in [-0.2, 0) is 25.1 Å². The van der Waals surface area contributed by atoms with E-state index in [0.29, 0.717) is 3.70 Å². The highest BCUT2D eigenvalue weighted by Crippen LogP contribution is 2.42. The van der Waals surface area contributed by atoms with E-state index in [1.54, 1.807) is 0 Å². The third-order valence-electron chi connectivity index (χ3n) is 4.63. The van der Waals surface area contributed by atoms with Gasteiger partial charge in [-0.15, -0.1) is 0 Å². The molecule has 1 aliphatic carbocycles. The number of anilines is 1. The number of nitrogens with zero attached hydrogens (tertiary/aromatic N) is 2. The molecule has 0 spiro atoms. The molecule has 0 atom stereocenters. The van der Waals surface area contributed by atoms with Gasteiger partial charge in [0.1, 0.15) is 8.69 Å². The number of nitrogens with one attached hydrogen (secondary N) is 1. The van der Waals surface area contributed by atoms with Crippen molar-refractivity contribution < 1.29 is 13.2 Å². The molecule has 1 aromatic heterocycles. The minimum Gasteiger partial charge on any atom is -0.346 e. The van der Waals surface area contributed by atoms with Gasteiger partial charge in [-0.1, -0.05) is 38.2 Å². The van der Waals surface area contributed by atoms with E-state index in [2.05, 4.69) is 30.3 Å².